The number of aromatic nitrogens is 3. The number of pyridine rings is 1. The van der Waals surface area contributed by atoms with Crippen LogP contribution >= 0.6 is 0 Å². The molecular weight excluding hydrogens is 404 g/mol. The first-order valence-corrected chi connectivity index (χ1v) is 11.2. The Balaban J connectivity index is 1.36. The standard InChI is InChI=1S/C24H30N6O2/c1-18(2)9-12-30-21-6-4-3-5-20(21)27-23(30)24(32)26-17-22(31)29-15-13-28(14-16-29)19-7-10-25-11-8-19/h3-8,10-11,18H,9,12-17H2,1-2H3,(H,26,32). The lowest BCUT2D eigenvalue weighted by atomic mass is 10.1. The molecule has 0 aliphatic carbocycles. The number of imidazole rings is 1. The summed E-state index contributed by atoms with van der Waals surface area (Å²) in [4.78, 5) is 38.3. The van der Waals surface area contributed by atoms with Crippen LogP contribution in [0.3, 0.4) is 0 Å². The van der Waals surface area contributed by atoms with Crippen molar-refractivity contribution in [3.05, 3.63) is 54.6 Å². The quantitative estimate of drug-likeness (QED) is 0.618. The van der Waals surface area contributed by atoms with Crippen molar-refractivity contribution >= 4 is 28.5 Å². The van der Waals surface area contributed by atoms with Crippen molar-refractivity contribution in [2.24, 2.45) is 5.92 Å². The molecule has 32 heavy (non-hydrogen) atoms. The maximum Gasteiger partial charge on any atom is 0.287 e. The van der Waals surface area contributed by atoms with Crippen LogP contribution in [0.5, 0.6) is 0 Å². The zero-order valence-electron chi connectivity index (χ0n) is 18.7. The molecule has 0 radical (unpaired) electrons. The average molecular weight is 435 g/mol. The Hall–Kier alpha value is -3.42. The van der Waals surface area contributed by atoms with Gasteiger partial charge in [-0.1, -0.05) is 26.0 Å². The Labute approximate surface area is 188 Å². The predicted molar refractivity (Wildman–Crippen MR) is 125 cm³/mol. The average Bonchev–Trinajstić information content (AvgIpc) is 3.20. The summed E-state index contributed by atoms with van der Waals surface area (Å²) in [6, 6.07) is 11.7. The van der Waals surface area contributed by atoms with Crippen molar-refractivity contribution in [3.63, 3.8) is 0 Å². The largest absolute Gasteiger partial charge is 0.368 e. The summed E-state index contributed by atoms with van der Waals surface area (Å²) in [5, 5.41) is 2.79. The summed E-state index contributed by atoms with van der Waals surface area (Å²) in [6.45, 7) is 7.78. The third-order valence-corrected chi connectivity index (χ3v) is 5.85. The van der Waals surface area contributed by atoms with Gasteiger partial charge in [-0.3, -0.25) is 14.6 Å². The van der Waals surface area contributed by atoms with Crippen LogP contribution in [0.15, 0.2) is 48.8 Å². The second kappa shape index (κ2) is 9.80. The number of para-hydroxylation sites is 2. The Morgan fingerprint density at radius 3 is 2.47 bits per heavy atom. The molecule has 168 valence electrons. The first-order valence-electron chi connectivity index (χ1n) is 11.2. The number of anilines is 1. The molecule has 3 aromatic rings. The van der Waals surface area contributed by atoms with Crippen molar-refractivity contribution in [3.8, 4) is 0 Å². The molecule has 0 spiro atoms. The van der Waals surface area contributed by atoms with E-state index in [1.54, 1.807) is 17.3 Å². The van der Waals surface area contributed by atoms with E-state index < -0.39 is 0 Å². The Kier molecular flexibility index (Phi) is 6.68. The van der Waals surface area contributed by atoms with Gasteiger partial charge in [-0.2, -0.15) is 0 Å². The number of hydrogen-bond donors (Lipinski definition) is 1. The minimum absolute atomic E-state index is 0.0263. The van der Waals surface area contributed by atoms with Crippen LogP contribution in [0.25, 0.3) is 11.0 Å². The van der Waals surface area contributed by atoms with Gasteiger partial charge in [0.15, 0.2) is 5.82 Å². The van der Waals surface area contributed by atoms with Crippen molar-refractivity contribution in [2.75, 3.05) is 37.6 Å². The summed E-state index contributed by atoms with van der Waals surface area (Å²) < 4.78 is 1.96. The number of hydrogen-bond acceptors (Lipinski definition) is 5. The number of nitrogens with zero attached hydrogens (tertiary/aromatic N) is 5. The summed E-state index contributed by atoms with van der Waals surface area (Å²) in [7, 11) is 0. The number of carbonyl (C=O) groups excluding carboxylic acids is 2. The molecule has 2 amide bonds. The summed E-state index contributed by atoms with van der Waals surface area (Å²) in [5.74, 6) is 0.493. The molecule has 0 unspecified atom stereocenters. The lowest BCUT2D eigenvalue weighted by molar-refractivity contribution is -0.130. The Bertz CT molecular complexity index is 1070. The van der Waals surface area contributed by atoms with Crippen LogP contribution in [0, 0.1) is 5.92 Å². The van der Waals surface area contributed by atoms with E-state index in [-0.39, 0.29) is 18.4 Å². The second-order valence-corrected chi connectivity index (χ2v) is 8.51. The zero-order chi connectivity index (χ0) is 22.5. The first kappa shape index (κ1) is 21.8. The molecule has 4 rings (SSSR count). The smallest absolute Gasteiger partial charge is 0.287 e. The number of fused-ring (bicyclic) bond motifs is 1. The lowest BCUT2D eigenvalue weighted by Gasteiger charge is -2.36. The molecule has 1 fully saturated rings. The molecular formula is C24H30N6O2. The van der Waals surface area contributed by atoms with E-state index in [1.165, 1.54) is 0 Å². The fourth-order valence-electron chi connectivity index (χ4n) is 3.98. The monoisotopic (exact) mass is 434 g/mol. The van der Waals surface area contributed by atoms with Crippen LogP contribution in [-0.4, -0.2) is 64.0 Å². The van der Waals surface area contributed by atoms with Crippen LogP contribution in [-0.2, 0) is 11.3 Å². The molecule has 2 aromatic heterocycles. The molecule has 1 aromatic carbocycles. The zero-order valence-corrected chi connectivity index (χ0v) is 18.7. The van der Waals surface area contributed by atoms with Gasteiger partial charge in [0.25, 0.3) is 5.91 Å². The van der Waals surface area contributed by atoms with E-state index in [0.717, 1.165) is 36.2 Å². The van der Waals surface area contributed by atoms with E-state index in [2.05, 4.69) is 34.0 Å². The van der Waals surface area contributed by atoms with Gasteiger partial charge in [0.2, 0.25) is 5.91 Å². The molecule has 3 heterocycles. The minimum atomic E-state index is -0.311. The molecule has 1 saturated heterocycles. The van der Waals surface area contributed by atoms with Crippen LogP contribution < -0.4 is 10.2 Å². The topological polar surface area (TPSA) is 83.4 Å². The number of aryl methyl sites for hydroxylation is 1. The van der Waals surface area contributed by atoms with Gasteiger partial charge in [-0.15, -0.1) is 0 Å². The second-order valence-electron chi connectivity index (χ2n) is 8.51. The molecule has 8 nitrogen and oxygen atoms in total. The summed E-state index contributed by atoms with van der Waals surface area (Å²) in [6.07, 6.45) is 4.50. The molecule has 0 saturated carbocycles. The number of benzene rings is 1. The number of amides is 2. The highest BCUT2D eigenvalue weighted by Crippen LogP contribution is 2.18. The molecule has 0 bridgehead atoms. The van der Waals surface area contributed by atoms with Crippen LogP contribution in [0.2, 0.25) is 0 Å². The minimum Gasteiger partial charge on any atom is -0.368 e. The van der Waals surface area contributed by atoms with Crippen molar-refractivity contribution in [1.29, 1.82) is 0 Å². The number of carbonyl (C=O) groups is 2. The lowest BCUT2D eigenvalue weighted by Crippen LogP contribution is -2.51. The third-order valence-electron chi connectivity index (χ3n) is 5.85. The van der Waals surface area contributed by atoms with E-state index >= 15 is 0 Å². The molecule has 8 heteroatoms. The third kappa shape index (κ3) is 4.90. The van der Waals surface area contributed by atoms with Crippen LogP contribution in [0.4, 0.5) is 5.69 Å². The van der Waals surface area contributed by atoms with Gasteiger partial charge in [0, 0.05) is 50.8 Å². The summed E-state index contributed by atoms with van der Waals surface area (Å²) in [5.41, 5.74) is 2.84. The van der Waals surface area contributed by atoms with E-state index in [4.69, 9.17) is 0 Å². The van der Waals surface area contributed by atoms with Crippen LogP contribution in [0.1, 0.15) is 30.9 Å². The summed E-state index contributed by atoms with van der Waals surface area (Å²) >= 11 is 0. The molecule has 1 aliphatic heterocycles. The van der Waals surface area contributed by atoms with Crippen molar-refractivity contribution in [1.82, 2.24) is 24.8 Å². The highest BCUT2D eigenvalue weighted by molar-refractivity contribution is 5.96. The Morgan fingerprint density at radius 1 is 1.03 bits per heavy atom. The fourth-order valence-corrected chi connectivity index (χ4v) is 3.98. The van der Waals surface area contributed by atoms with E-state index in [0.29, 0.717) is 31.4 Å². The van der Waals surface area contributed by atoms with E-state index in [9.17, 15) is 9.59 Å². The number of piperazine rings is 1. The molecule has 1 aliphatic rings. The maximum atomic E-state index is 12.9. The van der Waals surface area contributed by atoms with Gasteiger partial charge < -0.3 is 19.7 Å². The predicted octanol–water partition coefficient (Wildman–Crippen LogP) is 2.56. The van der Waals surface area contributed by atoms with E-state index in [1.807, 2.05) is 41.0 Å². The van der Waals surface area contributed by atoms with Gasteiger partial charge >= 0.3 is 0 Å². The SMILES string of the molecule is CC(C)CCn1c(C(=O)NCC(=O)N2CCN(c3ccncc3)CC2)nc2ccccc21. The highest BCUT2D eigenvalue weighted by Gasteiger charge is 2.23. The first-order chi connectivity index (χ1) is 15.5. The van der Waals surface area contributed by atoms with Gasteiger partial charge in [-0.25, -0.2) is 4.98 Å². The van der Waals surface area contributed by atoms with Gasteiger partial charge in [0.1, 0.15) is 0 Å². The fraction of sp³-hybridized carbons (Fsp3) is 0.417. The Morgan fingerprint density at radius 2 is 1.75 bits per heavy atom. The van der Waals surface area contributed by atoms with Gasteiger partial charge in [0.05, 0.1) is 17.6 Å². The molecule has 0 atom stereocenters. The number of nitrogens with one attached hydrogen (secondary N) is 1. The highest BCUT2D eigenvalue weighted by atomic mass is 16.2. The maximum absolute atomic E-state index is 12.9. The van der Waals surface area contributed by atoms with Gasteiger partial charge in [-0.05, 0) is 36.6 Å². The number of rotatable bonds is 7. The molecule has 1 N–H and O–H groups in total. The van der Waals surface area contributed by atoms with Crippen molar-refractivity contribution < 1.29 is 9.59 Å². The van der Waals surface area contributed by atoms with Crippen molar-refractivity contribution in [2.45, 2.75) is 26.8 Å². The normalized spacial score (nSPS) is 14.2.